The molecule has 1 saturated heterocycles. The van der Waals surface area contributed by atoms with E-state index in [9.17, 15) is 14.7 Å². The number of nitrogens with zero attached hydrogens (tertiary/aromatic N) is 1. The zero-order chi connectivity index (χ0) is 19.2. The van der Waals surface area contributed by atoms with Gasteiger partial charge in [0.05, 0.1) is 13.7 Å². The van der Waals surface area contributed by atoms with Crippen molar-refractivity contribution in [3.63, 3.8) is 0 Å². The number of carbonyl (C=O) groups excluding carboxylic acids is 2. The quantitative estimate of drug-likeness (QED) is 0.555. The number of hydrogen-bond acceptors (Lipinski definition) is 4. The number of hydrogen-bond donors (Lipinski definition) is 3. The van der Waals surface area contributed by atoms with Crippen molar-refractivity contribution in [3.05, 3.63) is 58.7 Å². The summed E-state index contributed by atoms with van der Waals surface area (Å²) in [7, 11) is 1.55. The van der Waals surface area contributed by atoms with Crippen LogP contribution in [0.2, 0.25) is 0 Å². The van der Waals surface area contributed by atoms with E-state index in [1.807, 2.05) is 6.07 Å². The van der Waals surface area contributed by atoms with Gasteiger partial charge in [-0.15, -0.1) is 0 Å². The van der Waals surface area contributed by atoms with Crippen molar-refractivity contribution in [3.8, 4) is 11.6 Å². The molecular weight excluding hydrogens is 414 g/mol. The van der Waals surface area contributed by atoms with E-state index in [0.29, 0.717) is 16.7 Å². The van der Waals surface area contributed by atoms with Crippen molar-refractivity contribution in [2.24, 2.45) is 0 Å². The van der Waals surface area contributed by atoms with E-state index in [0.717, 1.165) is 9.86 Å². The Morgan fingerprint density at radius 1 is 1.19 bits per heavy atom. The first-order valence-electron chi connectivity index (χ1n) is 8.18. The van der Waals surface area contributed by atoms with Gasteiger partial charge in [-0.25, -0.2) is 4.79 Å². The minimum Gasteiger partial charge on any atom is -0.497 e. The molecule has 0 spiro atoms. The number of urea groups is 1. The van der Waals surface area contributed by atoms with Crippen LogP contribution in [-0.2, 0) is 16.9 Å². The molecule has 27 heavy (non-hydrogen) atoms. The van der Waals surface area contributed by atoms with Crippen LogP contribution in [0.15, 0.2) is 53.1 Å². The second-order valence-electron chi connectivity index (χ2n) is 6.35. The van der Waals surface area contributed by atoms with Crippen LogP contribution >= 0.6 is 15.9 Å². The number of carbonyl (C=O) groups is 2. The van der Waals surface area contributed by atoms with E-state index in [2.05, 4.69) is 26.6 Å². The lowest BCUT2D eigenvalue weighted by atomic mass is 9.90. The summed E-state index contributed by atoms with van der Waals surface area (Å²) in [6.07, 6.45) is 1.74. The third-order valence-corrected chi connectivity index (χ3v) is 5.28. The number of imide groups is 1. The maximum absolute atomic E-state index is 12.7. The molecule has 1 fully saturated rings. The normalized spacial score (nSPS) is 19.2. The molecule has 1 aliphatic heterocycles. The van der Waals surface area contributed by atoms with Crippen LogP contribution < -0.4 is 15.4 Å². The van der Waals surface area contributed by atoms with E-state index in [4.69, 9.17) is 4.74 Å². The molecule has 1 atom stereocenters. The molecule has 7 nitrogen and oxygen atoms in total. The Morgan fingerprint density at radius 2 is 1.93 bits per heavy atom. The summed E-state index contributed by atoms with van der Waals surface area (Å²) in [6, 6.07) is 11.9. The Hall–Kier alpha value is -3.00. The molecular formula is C19H16BrN3O4. The second kappa shape index (κ2) is 6.31. The lowest BCUT2D eigenvalue weighted by molar-refractivity contribution is -0.124. The van der Waals surface area contributed by atoms with Gasteiger partial charge in [0.15, 0.2) is 11.4 Å². The van der Waals surface area contributed by atoms with Crippen molar-refractivity contribution in [1.82, 2.24) is 15.2 Å². The molecule has 8 heteroatoms. The third kappa shape index (κ3) is 2.82. The SMILES string of the molecule is COc1ccc2cn(C[C@@]3(c4ccc(Br)cc4)NC(=O)NC3=O)c(O)c2c1. The average Bonchev–Trinajstić information content (AvgIpc) is 3.12. The van der Waals surface area contributed by atoms with E-state index < -0.39 is 17.5 Å². The Labute approximate surface area is 163 Å². The molecule has 2 aromatic carbocycles. The predicted molar refractivity (Wildman–Crippen MR) is 103 cm³/mol. The first kappa shape index (κ1) is 17.4. The number of ether oxygens (including phenoxy) is 1. The highest BCUT2D eigenvalue weighted by Crippen LogP contribution is 2.35. The van der Waals surface area contributed by atoms with E-state index in [-0.39, 0.29) is 12.4 Å². The lowest BCUT2D eigenvalue weighted by Crippen LogP contribution is -2.47. The lowest BCUT2D eigenvalue weighted by Gasteiger charge is -2.27. The molecule has 3 N–H and O–H groups in total. The summed E-state index contributed by atoms with van der Waals surface area (Å²) in [6.45, 7) is 0.0367. The number of halogens is 1. The van der Waals surface area contributed by atoms with Gasteiger partial charge in [-0.2, -0.15) is 0 Å². The van der Waals surface area contributed by atoms with Gasteiger partial charge in [0.25, 0.3) is 5.91 Å². The minimum absolute atomic E-state index is 0.00524. The number of amides is 3. The van der Waals surface area contributed by atoms with Gasteiger partial charge in [-0.05, 0) is 35.9 Å². The van der Waals surface area contributed by atoms with Gasteiger partial charge in [0.1, 0.15) is 5.75 Å². The average molecular weight is 430 g/mol. The molecule has 3 aromatic rings. The van der Waals surface area contributed by atoms with Crippen LogP contribution in [0, 0.1) is 0 Å². The van der Waals surface area contributed by atoms with E-state index in [1.54, 1.807) is 54.3 Å². The van der Waals surface area contributed by atoms with Gasteiger partial charge in [-0.3, -0.25) is 10.1 Å². The second-order valence-corrected chi connectivity index (χ2v) is 7.27. The zero-order valence-corrected chi connectivity index (χ0v) is 15.9. The molecule has 0 radical (unpaired) electrons. The summed E-state index contributed by atoms with van der Waals surface area (Å²) >= 11 is 3.37. The molecule has 0 unspecified atom stereocenters. The monoisotopic (exact) mass is 429 g/mol. The van der Waals surface area contributed by atoms with Crippen LogP contribution in [0.1, 0.15) is 5.56 Å². The number of aromatic hydroxyl groups is 1. The van der Waals surface area contributed by atoms with Crippen molar-refractivity contribution in [1.29, 1.82) is 0 Å². The number of fused-ring (bicyclic) bond motifs is 1. The van der Waals surface area contributed by atoms with Gasteiger partial charge >= 0.3 is 6.03 Å². The summed E-state index contributed by atoms with van der Waals surface area (Å²) in [5.74, 6) is 0.143. The fraction of sp³-hybridized carbons (Fsp3) is 0.158. The molecule has 2 heterocycles. The molecule has 0 bridgehead atoms. The fourth-order valence-corrected chi connectivity index (χ4v) is 3.62. The molecule has 138 valence electrons. The number of nitrogens with one attached hydrogen (secondary N) is 2. The summed E-state index contributed by atoms with van der Waals surface area (Å²) < 4.78 is 7.61. The Morgan fingerprint density at radius 3 is 2.56 bits per heavy atom. The van der Waals surface area contributed by atoms with E-state index in [1.165, 1.54) is 0 Å². The van der Waals surface area contributed by atoms with Gasteiger partial charge < -0.3 is 19.7 Å². The van der Waals surface area contributed by atoms with Crippen molar-refractivity contribution in [2.75, 3.05) is 7.11 Å². The number of rotatable bonds is 4. The van der Waals surface area contributed by atoms with Crippen LogP contribution in [0.25, 0.3) is 10.8 Å². The summed E-state index contributed by atoms with van der Waals surface area (Å²) in [5, 5.41) is 17.1. The molecule has 3 amide bonds. The summed E-state index contributed by atoms with van der Waals surface area (Å²) in [4.78, 5) is 24.6. The maximum atomic E-state index is 12.7. The van der Waals surface area contributed by atoms with Gasteiger partial charge in [-0.1, -0.05) is 28.1 Å². The smallest absolute Gasteiger partial charge is 0.322 e. The van der Waals surface area contributed by atoms with Gasteiger partial charge in [0, 0.05) is 21.4 Å². The summed E-state index contributed by atoms with van der Waals surface area (Å²) in [5.41, 5.74) is -0.710. The van der Waals surface area contributed by atoms with Gasteiger partial charge in [0.2, 0.25) is 0 Å². The predicted octanol–water partition coefficient (Wildman–Crippen LogP) is 2.85. The standard InChI is InChI=1S/C19H16BrN3O4/c1-27-14-7-2-11-9-23(16(24)15(11)8-14)10-19(17(25)21-18(26)22-19)12-3-5-13(20)6-4-12/h2-9,24H,10H2,1H3,(H2,21,22,25,26)/t19-/m0/s1. The highest BCUT2D eigenvalue weighted by atomic mass is 79.9. The van der Waals surface area contributed by atoms with E-state index >= 15 is 0 Å². The molecule has 0 saturated carbocycles. The Kier molecular flexibility index (Phi) is 4.07. The number of methoxy groups -OCH3 is 1. The van der Waals surface area contributed by atoms with Crippen LogP contribution in [-0.4, -0.2) is 28.7 Å². The zero-order valence-electron chi connectivity index (χ0n) is 14.3. The largest absolute Gasteiger partial charge is 0.497 e. The Balaban J connectivity index is 1.82. The van der Waals surface area contributed by atoms with Crippen LogP contribution in [0.3, 0.4) is 0 Å². The number of benzene rings is 2. The highest BCUT2D eigenvalue weighted by Gasteiger charge is 2.48. The fourth-order valence-electron chi connectivity index (χ4n) is 3.36. The van der Waals surface area contributed by atoms with Crippen molar-refractivity contribution in [2.45, 2.75) is 12.1 Å². The number of aromatic nitrogens is 1. The van der Waals surface area contributed by atoms with Crippen molar-refractivity contribution >= 4 is 38.6 Å². The Bertz CT molecular complexity index is 1060. The molecule has 1 aliphatic rings. The van der Waals surface area contributed by atoms with Crippen LogP contribution in [0.5, 0.6) is 11.6 Å². The molecule has 4 rings (SSSR count). The molecule has 0 aliphatic carbocycles. The molecule has 1 aromatic heterocycles. The van der Waals surface area contributed by atoms with Crippen molar-refractivity contribution < 1.29 is 19.4 Å². The first-order valence-corrected chi connectivity index (χ1v) is 8.98. The third-order valence-electron chi connectivity index (χ3n) is 4.75. The maximum Gasteiger partial charge on any atom is 0.322 e. The topological polar surface area (TPSA) is 92.6 Å². The first-order chi connectivity index (χ1) is 12.9. The minimum atomic E-state index is -1.33. The van der Waals surface area contributed by atoms with Crippen LogP contribution in [0.4, 0.5) is 4.79 Å². The highest BCUT2D eigenvalue weighted by molar-refractivity contribution is 9.10.